The van der Waals surface area contributed by atoms with E-state index in [1.54, 1.807) is 0 Å². The molecule has 2 aromatic carbocycles. The molecule has 0 saturated carbocycles. The first-order valence-corrected chi connectivity index (χ1v) is 8.31. The Hall–Kier alpha value is -2.33. The van der Waals surface area contributed by atoms with Crippen LogP contribution in [0.2, 0.25) is 0 Å². The van der Waals surface area contributed by atoms with Gasteiger partial charge >= 0.3 is 0 Å². The second-order valence-electron chi connectivity index (χ2n) is 4.18. The Labute approximate surface area is 145 Å². The first kappa shape index (κ1) is 21.7. The van der Waals surface area contributed by atoms with Crippen LogP contribution in [-0.4, -0.2) is 24.5 Å². The summed E-state index contributed by atoms with van der Waals surface area (Å²) in [6.07, 6.45) is 0. The van der Waals surface area contributed by atoms with E-state index in [-0.39, 0.29) is 6.61 Å². The summed E-state index contributed by atoms with van der Waals surface area (Å²) in [5, 5.41) is 13.0. The van der Waals surface area contributed by atoms with Crippen LogP contribution in [0.1, 0.15) is 38.8 Å². The smallest absolute Gasteiger partial charge is 0.134 e. The van der Waals surface area contributed by atoms with Gasteiger partial charge in [-0.05, 0) is 17.7 Å². The lowest BCUT2D eigenvalue weighted by Gasteiger charge is -2.09. The third kappa shape index (κ3) is 7.79. The molecule has 24 heavy (non-hydrogen) atoms. The van der Waals surface area contributed by atoms with Crippen LogP contribution >= 0.6 is 0 Å². The third-order valence-corrected chi connectivity index (χ3v) is 2.79. The first-order chi connectivity index (χ1) is 11.8. The van der Waals surface area contributed by atoms with E-state index in [1.807, 2.05) is 82.3 Å². The molecular formula is C20H29NO3. The van der Waals surface area contributed by atoms with Gasteiger partial charge in [0, 0.05) is 5.56 Å². The molecule has 0 bridgehead atoms. The molecule has 0 saturated heterocycles. The highest BCUT2D eigenvalue weighted by molar-refractivity contribution is 6.01. The van der Waals surface area contributed by atoms with Crippen LogP contribution in [0.4, 0.5) is 0 Å². The maximum atomic E-state index is 8.99. The van der Waals surface area contributed by atoms with Crippen molar-refractivity contribution in [1.29, 1.82) is 0 Å². The summed E-state index contributed by atoms with van der Waals surface area (Å²) in [6.45, 7) is 8.34. The van der Waals surface area contributed by atoms with E-state index in [2.05, 4.69) is 5.16 Å². The molecule has 0 unspecified atom stereocenters. The minimum atomic E-state index is 0.0285. The van der Waals surface area contributed by atoms with E-state index in [1.165, 1.54) is 7.11 Å². The number of benzene rings is 2. The van der Waals surface area contributed by atoms with Crippen LogP contribution in [0.5, 0.6) is 5.75 Å². The average Bonchev–Trinajstić information content (AvgIpc) is 2.69. The number of nitrogens with zero attached hydrogens (tertiary/aromatic N) is 1. The summed E-state index contributed by atoms with van der Waals surface area (Å²) in [5.74, 6) is 0.724. The summed E-state index contributed by atoms with van der Waals surface area (Å²) >= 11 is 0. The molecule has 0 aliphatic rings. The largest absolute Gasteiger partial charge is 0.487 e. The maximum absolute atomic E-state index is 8.99. The number of hydrogen-bond donors (Lipinski definition) is 1. The van der Waals surface area contributed by atoms with Crippen LogP contribution in [-0.2, 0) is 11.4 Å². The second kappa shape index (κ2) is 14.3. The Morgan fingerprint density at radius 2 is 1.50 bits per heavy atom. The van der Waals surface area contributed by atoms with Gasteiger partial charge in [0.2, 0.25) is 0 Å². The molecule has 0 radical (unpaired) electrons. The third-order valence-electron chi connectivity index (χ3n) is 2.79. The minimum absolute atomic E-state index is 0.0285. The van der Waals surface area contributed by atoms with Crippen molar-refractivity contribution in [3.8, 4) is 5.75 Å². The van der Waals surface area contributed by atoms with E-state index in [9.17, 15) is 0 Å². The van der Waals surface area contributed by atoms with Gasteiger partial charge in [-0.1, -0.05) is 75.3 Å². The van der Waals surface area contributed by atoms with E-state index in [4.69, 9.17) is 14.7 Å². The first-order valence-electron chi connectivity index (χ1n) is 8.31. The molecule has 0 aromatic heterocycles. The lowest BCUT2D eigenvalue weighted by atomic mass is 10.1. The molecule has 0 aliphatic carbocycles. The molecular weight excluding hydrogens is 302 g/mol. The fourth-order valence-electron chi connectivity index (χ4n) is 1.75. The summed E-state index contributed by atoms with van der Waals surface area (Å²) in [5.41, 5.74) is 2.53. The Balaban J connectivity index is 0.00000123. The zero-order valence-electron chi connectivity index (χ0n) is 15.3. The van der Waals surface area contributed by atoms with Gasteiger partial charge in [0.1, 0.15) is 25.2 Å². The average molecular weight is 331 g/mol. The molecule has 2 rings (SSSR count). The highest BCUT2D eigenvalue weighted by Crippen LogP contribution is 2.13. The summed E-state index contributed by atoms with van der Waals surface area (Å²) in [6, 6.07) is 17.0. The topological polar surface area (TPSA) is 51.0 Å². The zero-order chi connectivity index (χ0) is 18.2. The van der Waals surface area contributed by atoms with Crippen molar-refractivity contribution in [2.24, 2.45) is 5.16 Å². The predicted molar refractivity (Wildman–Crippen MR) is 101 cm³/mol. The minimum Gasteiger partial charge on any atom is -0.487 e. The lowest BCUT2D eigenvalue weighted by Crippen LogP contribution is -2.13. The van der Waals surface area contributed by atoms with Gasteiger partial charge in [-0.25, -0.2) is 0 Å². The quantitative estimate of drug-likeness (QED) is 0.618. The van der Waals surface area contributed by atoms with E-state index in [0.717, 1.165) is 22.6 Å². The molecule has 132 valence electrons. The highest BCUT2D eigenvalue weighted by atomic mass is 16.6. The van der Waals surface area contributed by atoms with Crippen molar-refractivity contribution in [3.63, 3.8) is 0 Å². The molecule has 0 heterocycles. The van der Waals surface area contributed by atoms with Crippen molar-refractivity contribution >= 4 is 5.71 Å². The molecule has 0 spiro atoms. The lowest BCUT2D eigenvalue weighted by molar-refractivity contribution is 0.210. The Morgan fingerprint density at radius 1 is 0.917 bits per heavy atom. The maximum Gasteiger partial charge on any atom is 0.134 e. The number of ether oxygens (including phenoxy) is 1. The molecule has 1 N–H and O–H groups in total. The standard InChI is InChI=1S/C16H17NO3.2C2H6/c1-19-17-16(14-5-3-2-4-6-14)12-20-15-9-7-13(11-18)8-10-15;2*1-2/h2-10,18H,11-12H2,1H3;2*1-2H3/b17-16+;;. The van der Waals surface area contributed by atoms with Gasteiger partial charge in [-0.15, -0.1) is 0 Å². The van der Waals surface area contributed by atoms with Crippen molar-refractivity contribution in [2.75, 3.05) is 13.7 Å². The molecule has 0 fully saturated rings. The van der Waals surface area contributed by atoms with Gasteiger partial charge in [0.15, 0.2) is 0 Å². The van der Waals surface area contributed by atoms with Crippen LogP contribution in [0.15, 0.2) is 59.8 Å². The Bertz CT molecular complexity index is 551. The highest BCUT2D eigenvalue weighted by Gasteiger charge is 2.05. The van der Waals surface area contributed by atoms with Crippen molar-refractivity contribution in [3.05, 3.63) is 65.7 Å². The van der Waals surface area contributed by atoms with E-state index >= 15 is 0 Å². The number of rotatable bonds is 6. The van der Waals surface area contributed by atoms with Crippen molar-refractivity contribution in [1.82, 2.24) is 0 Å². The number of oxime groups is 1. The Morgan fingerprint density at radius 3 is 2.00 bits per heavy atom. The van der Waals surface area contributed by atoms with E-state index in [0.29, 0.717) is 6.61 Å². The van der Waals surface area contributed by atoms with Crippen molar-refractivity contribution in [2.45, 2.75) is 34.3 Å². The van der Waals surface area contributed by atoms with Crippen LogP contribution in [0, 0.1) is 0 Å². The van der Waals surface area contributed by atoms with Crippen LogP contribution < -0.4 is 4.74 Å². The van der Waals surface area contributed by atoms with E-state index < -0.39 is 0 Å². The van der Waals surface area contributed by atoms with Gasteiger partial charge in [-0.3, -0.25) is 0 Å². The normalized spacial score (nSPS) is 9.83. The van der Waals surface area contributed by atoms with Crippen LogP contribution in [0.3, 0.4) is 0 Å². The molecule has 2 aromatic rings. The fraction of sp³-hybridized carbons (Fsp3) is 0.350. The summed E-state index contributed by atoms with van der Waals surface area (Å²) in [7, 11) is 1.51. The summed E-state index contributed by atoms with van der Waals surface area (Å²) < 4.78 is 5.68. The number of aliphatic hydroxyl groups is 1. The van der Waals surface area contributed by atoms with Gasteiger partial charge in [0.25, 0.3) is 0 Å². The van der Waals surface area contributed by atoms with Gasteiger partial charge in [-0.2, -0.15) is 0 Å². The summed E-state index contributed by atoms with van der Waals surface area (Å²) in [4.78, 5) is 4.86. The SMILES string of the molecule is CC.CC.CO/N=C(\COc1ccc(CO)cc1)c1ccccc1. The Kier molecular flexibility index (Phi) is 12.9. The molecule has 0 amide bonds. The number of aliphatic hydroxyl groups excluding tert-OH is 1. The zero-order valence-corrected chi connectivity index (χ0v) is 15.3. The molecule has 0 atom stereocenters. The fourth-order valence-corrected chi connectivity index (χ4v) is 1.75. The van der Waals surface area contributed by atoms with Gasteiger partial charge < -0.3 is 14.7 Å². The second-order valence-corrected chi connectivity index (χ2v) is 4.18. The van der Waals surface area contributed by atoms with Crippen molar-refractivity contribution < 1.29 is 14.7 Å². The molecule has 0 aliphatic heterocycles. The number of hydrogen-bond acceptors (Lipinski definition) is 4. The molecule has 4 nitrogen and oxygen atoms in total. The van der Waals surface area contributed by atoms with Gasteiger partial charge in [0.05, 0.1) is 6.61 Å². The van der Waals surface area contributed by atoms with Crippen LogP contribution in [0.25, 0.3) is 0 Å². The monoisotopic (exact) mass is 331 g/mol. The molecule has 4 heteroatoms. The predicted octanol–water partition coefficient (Wildman–Crippen LogP) is 4.66.